The lowest BCUT2D eigenvalue weighted by molar-refractivity contribution is -0.144. The summed E-state index contributed by atoms with van der Waals surface area (Å²) in [5.41, 5.74) is -0.865. The zero-order chi connectivity index (χ0) is 26.1. The number of amides is 1. The molecule has 36 heavy (non-hydrogen) atoms. The molecule has 0 spiro atoms. The molecule has 1 heterocycles. The highest BCUT2D eigenvalue weighted by Crippen LogP contribution is 2.42. The van der Waals surface area contributed by atoms with Crippen LogP contribution in [0.25, 0.3) is 16.8 Å². The van der Waals surface area contributed by atoms with Crippen molar-refractivity contribution >= 4 is 27.0 Å². The van der Waals surface area contributed by atoms with E-state index in [1.54, 1.807) is 30.3 Å². The van der Waals surface area contributed by atoms with Gasteiger partial charge >= 0.3 is 6.18 Å². The molecule has 2 aromatic carbocycles. The number of benzene rings is 2. The Morgan fingerprint density at radius 1 is 1.11 bits per heavy atom. The van der Waals surface area contributed by atoms with E-state index in [-0.39, 0.29) is 33.7 Å². The fraction of sp³-hybridized carbons (Fsp3) is 0.200. The molecule has 4 rings (SSSR count). The van der Waals surface area contributed by atoms with Gasteiger partial charge in [0.25, 0.3) is 0 Å². The highest BCUT2D eigenvalue weighted by molar-refractivity contribution is 7.90. The van der Waals surface area contributed by atoms with E-state index >= 15 is 0 Å². The molecule has 0 aliphatic heterocycles. The number of nitrogens with one attached hydrogen (secondary N) is 1. The number of aromatic nitrogens is 2. The number of allylic oxidation sites excluding steroid dienone is 4. The van der Waals surface area contributed by atoms with Crippen molar-refractivity contribution in [3.8, 4) is 11.3 Å². The number of sulfone groups is 1. The Bertz CT molecular complexity index is 1440. The zero-order valence-corrected chi connectivity index (χ0v) is 19.8. The van der Waals surface area contributed by atoms with E-state index in [1.165, 1.54) is 36.4 Å². The van der Waals surface area contributed by atoms with Gasteiger partial charge in [0.05, 0.1) is 4.90 Å². The Hall–Kier alpha value is -3.73. The molecule has 0 radical (unpaired) electrons. The van der Waals surface area contributed by atoms with Crippen molar-refractivity contribution in [3.63, 3.8) is 0 Å². The van der Waals surface area contributed by atoms with Crippen LogP contribution in [0.4, 0.5) is 23.2 Å². The normalized spacial score (nSPS) is 16.0. The maximum atomic E-state index is 14.4. The van der Waals surface area contributed by atoms with E-state index in [0.717, 1.165) is 12.3 Å². The molecule has 3 aromatic rings. The van der Waals surface area contributed by atoms with E-state index in [9.17, 15) is 30.8 Å². The number of hydrogen-bond acceptors (Lipinski definition) is 4. The number of para-hydroxylation sites is 1. The zero-order valence-electron chi connectivity index (χ0n) is 19.0. The number of anilines is 1. The van der Waals surface area contributed by atoms with Gasteiger partial charge in [-0.25, -0.2) is 17.5 Å². The number of rotatable bonds is 6. The number of halogens is 4. The Balaban J connectivity index is 1.84. The van der Waals surface area contributed by atoms with Gasteiger partial charge in [-0.2, -0.15) is 18.3 Å². The van der Waals surface area contributed by atoms with Crippen LogP contribution in [0.3, 0.4) is 0 Å². The molecule has 0 saturated heterocycles. The minimum atomic E-state index is -4.90. The van der Waals surface area contributed by atoms with E-state index in [0.29, 0.717) is 10.4 Å². The molecule has 11 heteroatoms. The summed E-state index contributed by atoms with van der Waals surface area (Å²) in [4.78, 5) is 12.6. The van der Waals surface area contributed by atoms with Gasteiger partial charge in [0, 0.05) is 29.5 Å². The van der Waals surface area contributed by atoms with Gasteiger partial charge in [-0.05, 0) is 35.9 Å². The Labute approximate surface area is 204 Å². The summed E-state index contributed by atoms with van der Waals surface area (Å²) >= 11 is 0. The summed E-state index contributed by atoms with van der Waals surface area (Å²) in [6.45, 7) is -0.735. The largest absolute Gasteiger partial charge is 0.433 e. The third kappa shape index (κ3) is 5.56. The van der Waals surface area contributed by atoms with Crippen molar-refractivity contribution in [1.29, 1.82) is 0 Å². The molecule has 1 aromatic heterocycles. The second-order valence-corrected chi connectivity index (χ2v) is 10.2. The highest BCUT2D eigenvalue weighted by atomic mass is 32.2. The number of alkyl halides is 4. The molecule has 6 nitrogen and oxygen atoms in total. The van der Waals surface area contributed by atoms with Crippen LogP contribution in [0.2, 0.25) is 0 Å². The molecule has 0 bridgehead atoms. The maximum absolute atomic E-state index is 14.4. The minimum Gasteiger partial charge on any atom is -0.324 e. The highest BCUT2D eigenvalue weighted by Gasteiger charge is 2.41. The minimum absolute atomic E-state index is 0.0115. The third-order valence-electron chi connectivity index (χ3n) is 5.46. The molecule has 188 valence electrons. The smallest absolute Gasteiger partial charge is 0.324 e. The van der Waals surface area contributed by atoms with Crippen LogP contribution in [0.5, 0.6) is 0 Å². The SMILES string of the molecule is CS(=O)(=O)c1ccc(-c2nn(CC(=O)Nc3ccccc3)c(C(F)(F)F)c2C2=CCC(F)C=C2)cc1. The van der Waals surface area contributed by atoms with Crippen LogP contribution in [0, 0.1) is 0 Å². The van der Waals surface area contributed by atoms with Crippen molar-refractivity contribution in [2.24, 2.45) is 0 Å². The first kappa shape index (κ1) is 25.4. The van der Waals surface area contributed by atoms with Gasteiger partial charge in [0.15, 0.2) is 15.5 Å². The lowest BCUT2D eigenvalue weighted by Crippen LogP contribution is -2.24. The third-order valence-corrected chi connectivity index (χ3v) is 6.59. The first-order valence-corrected chi connectivity index (χ1v) is 12.7. The van der Waals surface area contributed by atoms with E-state index in [4.69, 9.17) is 0 Å². The van der Waals surface area contributed by atoms with Gasteiger partial charge in [-0.1, -0.05) is 42.5 Å². The summed E-state index contributed by atoms with van der Waals surface area (Å²) < 4.78 is 81.0. The summed E-state index contributed by atoms with van der Waals surface area (Å²) in [5, 5.41) is 6.67. The maximum Gasteiger partial charge on any atom is 0.433 e. The number of carbonyl (C=O) groups is 1. The van der Waals surface area contributed by atoms with Gasteiger partial charge in [-0.3, -0.25) is 4.79 Å². The summed E-state index contributed by atoms with van der Waals surface area (Å²) in [6.07, 6.45) is -1.57. The van der Waals surface area contributed by atoms with E-state index in [1.807, 2.05) is 0 Å². The van der Waals surface area contributed by atoms with Crippen LogP contribution in [0.1, 0.15) is 17.7 Å². The molecule has 1 N–H and O–H groups in total. The predicted molar refractivity (Wildman–Crippen MR) is 127 cm³/mol. The first-order valence-electron chi connectivity index (χ1n) is 10.8. The topological polar surface area (TPSA) is 81.1 Å². The van der Waals surface area contributed by atoms with Crippen LogP contribution in [-0.4, -0.2) is 36.5 Å². The van der Waals surface area contributed by atoms with Crippen LogP contribution in [0.15, 0.2) is 77.7 Å². The summed E-state index contributed by atoms with van der Waals surface area (Å²) in [7, 11) is -3.53. The van der Waals surface area contributed by atoms with Crippen molar-refractivity contribution in [3.05, 3.63) is 84.1 Å². The average Bonchev–Trinajstić information content (AvgIpc) is 3.19. The number of carbonyl (C=O) groups excluding carboxylic acids is 1. The monoisotopic (exact) mass is 519 g/mol. The second kappa shape index (κ2) is 9.73. The quantitative estimate of drug-likeness (QED) is 0.449. The van der Waals surface area contributed by atoms with Crippen LogP contribution >= 0.6 is 0 Å². The van der Waals surface area contributed by atoms with Crippen molar-refractivity contribution < 1.29 is 30.8 Å². The van der Waals surface area contributed by atoms with Gasteiger partial charge < -0.3 is 5.32 Å². The predicted octanol–water partition coefficient (Wildman–Crippen LogP) is 5.29. The average molecular weight is 520 g/mol. The van der Waals surface area contributed by atoms with Crippen molar-refractivity contribution in [2.75, 3.05) is 11.6 Å². The first-order chi connectivity index (χ1) is 16.9. The fourth-order valence-electron chi connectivity index (χ4n) is 3.84. The lowest BCUT2D eigenvalue weighted by Gasteiger charge is -2.15. The lowest BCUT2D eigenvalue weighted by atomic mass is 9.94. The summed E-state index contributed by atoms with van der Waals surface area (Å²) in [6, 6.07) is 13.5. The van der Waals surface area contributed by atoms with Gasteiger partial charge in [0.1, 0.15) is 18.4 Å². The molecule has 1 atom stereocenters. The van der Waals surface area contributed by atoms with Crippen molar-refractivity contribution in [2.45, 2.75) is 30.2 Å². The molecular weight excluding hydrogens is 498 g/mol. The second-order valence-electron chi connectivity index (χ2n) is 8.21. The standard InChI is InChI=1S/C25H21F4N3O3S/c1-36(34,35)20-13-9-17(10-14-20)23-22(16-7-11-18(26)12-8-16)24(25(27,28)29)32(31-23)15-21(33)30-19-5-3-2-4-6-19/h2-11,13-14,18H,12,15H2,1H3,(H,30,33). The van der Waals surface area contributed by atoms with Crippen molar-refractivity contribution in [1.82, 2.24) is 9.78 Å². The Morgan fingerprint density at radius 3 is 2.33 bits per heavy atom. The van der Waals surface area contributed by atoms with Gasteiger partial charge in [0.2, 0.25) is 5.91 Å². The van der Waals surface area contributed by atoms with Crippen LogP contribution in [-0.2, 0) is 27.4 Å². The van der Waals surface area contributed by atoms with Crippen LogP contribution < -0.4 is 5.32 Å². The Kier molecular flexibility index (Phi) is 6.85. The molecule has 1 aliphatic rings. The fourth-order valence-corrected chi connectivity index (χ4v) is 4.47. The van der Waals surface area contributed by atoms with Gasteiger partial charge in [-0.15, -0.1) is 0 Å². The molecule has 0 saturated carbocycles. The summed E-state index contributed by atoms with van der Waals surface area (Å²) in [5.74, 6) is -0.725. The Morgan fingerprint density at radius 2 is 1.78 bits per heavy atom. The molecule has 1 aliphatic carbocycles. The van der Waals surface area contributed by atoms with E-state index < -0.39 is 40.3 Å². The number of hydrogen-bond donors (Lipinski definition) is 1. The molecular formula is C25H21F4N3O3S. The number of nitrogens with zero attached hydrogens (tertiary/aromatic N) is 2. The van der Waals surface area contributed by atoms with E-state index in [2.05, 4.69) is 10.4 Å². The molecule has 1 unspecified atom stereocenters. The molecule has 0 fully saturated rings. The molecule has 1 amide bonds.